The summed E-state index contributed by atoms with van der Waals surface area (Å²) < 4.78 is 31.6. The van der Waals surface area contributed by atoms with Gasteiger partial charge in [0.15, 0.2) is 5.17 Å². The van der Waals surface area contributed by atoms with E-state index in [4.69, 9.17) is 4.74 Å². The number of thioether (sulfide) groups is 1. The van der Waals surface area contributed by atoms with Crippen LogP contribution in [-0.4, -0.2) is 42.0 Å². The number of nitrogens with one attached hydrogen (secondary N) is 2. The average Bonchev–Trinajstić information content (AvgIpc) is 2.90. The smallest absolute Gasteiger partial charge is 0.240 e. The normalized spacial score (nSPS) is 18.4. The number of hydrogen-bond acceptors (Lipinski definition) is 5. The third-order valence-corrected chi connectivity index (χ3v) is 4.38. The van der Waals surface area contributed by atoms with E-state index in [9.17, 15) is 18.4 Å². The van der Waals surface area contributed by atoms with Crippen molar-refractivity contribution in [3.8, 4) is 0 Å². The minimum absolute atomic E-state index is 0.125. The Bertz CT molecular complexity index is 670. The Balaban J connectivity index is 1.82. The standard InChI is InChI=1S/C16H19F2N3O3S/c1-2-24-7-3-6-19-16-21-15(23)13(25-16)9-14(22)20-12-5-4-10(17)8-11(12)18/h4-5,8,13H,2-3,6-7,9H2,1H3,(H,20,22)(H,19,21,23)/t13-/m1/s1. The zero-order chi connectivity index (χ0) is 18.2. The number of ether oxygens (including phenoxy) is 1. The molecule has 0 unspecified atom stereocenters. The molecule has 1 saturated heterocycles. The van der Waals surface area contributed by atoms with E-state index in [-0.39, 0.29) is 18.0 Å². The van der Waals surface area contributed by atoms with Crippen molar-refractivity contribution in [3.63, 3.8) is 0 Å². The van der Waals surface area contributed by atoms with Crippen LogP contribution in [0.3, 0.4) is 0 Å². The maximum Gasteiger partial charge on any atom is 0.240 e. The van der Waals surface area contributed by atoms with Gasteiger partial charge in [-0.15, -0.1) is 0 Å². The Morgan fingerprint density at radius 1 is 1.44 bits per heavy atom. The van der Waals surface area contributed by atoms with Crippen LogP contribution in [0.15, 0.2) is 23.2 Å². The number of rotatable bonds is 8. The fraction of sp³-hybridized carbons (Fsp3) is 0.438. The predicted molar refractivity (Wildman–Crippen MR) is 92.5 cm³/mol. The highest BCUT2D eigenvalue weighted by Gasteiger charge is 2.32. The molecule has 0 aliphatic carbocycles. The van der Waals surface area contributed by atoms with Crippen molar-refractivity contribution in [2.75, 3.05) is 25.1 Å². The van der Waals surface area contributed by atoms with Gasteiger partial charge in [-0.1, -0.05) is 11.8 Å². The molecule has 0 aromatic heterocycles. The van der Waals surface area contributed by atoms with Gasteiger partial charge < -0.3 is 15.4 Å². The van der Waals surface area contributed by atoms with Crippen LogP contribution in [0.5, 0.6) is 0 Å². The SMILES string of the molecule is CCOCCCN=C1NC(=O)[C@@H](CC(=O)Nc2ccc(F)cc2F)S1. The van der Waals surface area contributed by atoms with Crippen molar-refractivity contribution in [3.05, 3.63) is 29.8 Å². The molecule has 2 amide bonds. The molecule has 1 aromatic carbocycles. The molecule has 1 fully saturated rings. The molecule has 1 aliphatic heterocycles. The molecule has 1 atom stereocenters. The maximum absolute atomic E-state index is 13.5. The summed E-state index contributed by atoms with van der Waals surface area (Å²) in [6, 6.07) is 2.86. The largest absolute Gasteiger partial charge is 0.382 e. The molecular formula is C16H19F2N3O3S. The second-order valence-corrected chi connectivity index (χ2v) is 6.40. The van der Waals surface area contributed by atoms with Crippen LogP contribution in [0.2, 0.25) is 0 Å². The third-order valence-electron chi connectivity index (χ3n) is 3.26. The van der Waals surface area contributed by atoms with E-state index in [2.05, 4.69) is 15.6 Å². The molecule has 25 heavy (non-hydrogen) atoms. The van der Waals surface area contributed by atoms with E-state index < -0.39 is 22.8 Å². The van der Waals surface area contributed by atoms with Crippen molar-refractivity contribution < 1.29 is 23.1 Å². The molecule has 2 rings (SSSR count). The van der Waals surface area contributed by atoms with Crippen LogP contribution >= 0.6 is 11.8 Å². The molecule has 0 spiro atoms. The van der Waals surface area contributed by atoms with E-state index in [0.29, 0.717) is 31.0 Å². The van der Waals surface area contributed by atoms with E-state index in [1.165, 1.54) is 0 Å². The van der Waals surface area contributed by atoms with Crippen LogP contribution in [0.4, 0.5) is 14.5 Å². The summed E-state index contributed by atoms with van der Waals surface area (Å²) in [6.45, 7) is 3.67. The number of benzene rings is 1. The van der Waals surface area contributed by atoms with Crippen LogP contribution in [0.25, 0.3) is 0 Å². The zero-order valence-corrected chi connectivity index (χ0v) is 14.5. The van der Waals surface area contributed by atoms with Crippen LogP contribution in [0.1, 0.15) is 19.8 Å². The van der Waals surface area contributed by atoms with Gasteiger partial charge in [0.2, 0.25) is 11.8 Å². The fourth-order valence-corrected chi connectivity index (χ4v) is 3.06. The highest BCUT2D eigenvalue weighted by atomic mass is 32.2. The Morgan fingerprint density at radius 3 is 2.96 bits per heavy atom. The number of carbonyl (C=O) groups excluding carboxylic acids is 2. The third kappa shape index (κ3) is 6.09. The van der Waals surface area contributed by atoms with Gasteiger partial charge >= 0.3 is 0 Å². The van der Waals surface area contributed by atoms with E-state index in [0.717, 1.165) is 30.3 Å². The highest BCUT2D eigenvalue weighted by molar-refractivity contribution is 8.15. The molecular weight excluding hydrogens is 352 g/mol. The Kier molecular flexibility index (Phi) is 7.32. The van der Waals surface area contributed by atoms with E-state index in [1.807, 2.05) is 6.92 Å². The Hall–Kier alpha value is -2.00. The lowest BCUT2D eigenvalue weighted by Crippen LogP contribution is -2.28. The van der Waals surface area contributed by atoms with Crippen molar-refractivity contribution in [2.24, 2.45) is 4.99 Å². The topological polar surface area (TPSA) is 79.8 Å². The molecule has 2 N–H and O–H groups in total. The molecule has 1 aliphatic rings. The summed E-state index contributed by atoms with van der Waals surface area (Å²) in [7, 11) is 0. The first kappa shape index (κ1) is 19.3. The summed E-state index contributed by atoms with van der Waals surface area (Å²) in [5.74, 6) is -2.45. The van der Waals surface area contributed by atoms with Gasteiger partial charge in [0.1, 0.15) is 16.9 Å². The van der Waals surface area contributed by atoms with Gasteiger partial charge in [-0.05, 0) is 25.5 Å². The molecule has 1 aromatic rings. The first-order valence-corrected chi connectivity index (χ1v) is 8.72. The lowest BCUT2D eigenvalue weighted by atomic mass is 10.2. The lowest BCUT2D eigenvalue weighted by molar-refractivity contribution is -0.122. The first-order chi connectivity index (χ1) is 12.0. The molecule has 0 saturated carbocycles. The van der Waals surface area contributed by atoms with Gasteiger partial charge in [-0.2, -0.15) is 0 Å². The van der Waals surface area contributed by atoms with Crippen LogP contribution < -0.4 is 10.6 Å². The number of halogens is 2. The van der Waals surface area contributed by atoms with Gasteiger partial charge in [-0.25, -0.2) is 8.78 Å². The molecule has 6 nitrogen and oxygen atoms in total. The molecule has 0 radical (unpaired) electrons. The lowest BCUT2D eigenvalue weighted by Gasteiger charge is -2.08. The summed E-state index contributed by atoms with van der Waals surface area (Å²) in [4.78, 5) is 28.1. The minimum Gasteiger partial charge on any atom is -0.382 e. The number of carbonyl (C=O) groups is 2. The predicted octanol–water partition coefficient (Wildman–Crippen LogP) is 2.31. The first-order valence-electron chi connectivity index (χ1n) is 7.84. The average molecular weight is 371 g/mol. The highest BCUT2D eigenvalue weighted by Crippen LogP contribution is 2.23. The second-order valence-electron chi connectivity index (χ2n) is 5.21. The molecule has 9 heteroatoms. The van der Waals surface area contributed by atoms with Gasteiger partial charge in [0.05, 0.1) is 5.69 Å². The number of hydrogen-bond donors (Lipinski definition) is 2. The number of nitrogens with zero attached hydrogens (tertiary/aromatic N) is 1. The van der Waals surface area contributed by atoms with Crippen molar-refractivity contribution in [1.82, 2.24) is 5.32 Å². The second kappa shape index (κ2) is 9.47. The Morgan fingerprint density at radius 2 is 2.24 bits per heavy atom. The van der Waals surface area contributed by atoms with E-state index >= 15 is 0 Å². The van der Waals surface area contributed by atoms with Crippen molar-refractivity contribution >= 4 is 34.4 Å². The zero-order valence-electron chi connectivity index (χ0n) is 13.7. The Labute approximate surface area is 148 Å². The molecule has 1 heterocycles. The minimum atomic E-state index is -0.867. The molecule has 136 valence electrons. The van der Waals surface area contributed by atoms with Gasteiger partial charge in [-0.3, -0.25) is 14.6 Å². The van der Waals surface area contributed by atoms with E-state index in [1.54, 1.807) is 0 Å². The number of amides is 2. The summed E-state index contributed by atoms with van der Waals surface area (Å²) in [6.07, 6.45) is 0.605. The van der Waals surface area contributed by atoms with Gasteiger partial charge in [0, 0.05) is 32.2 Å². The van der Waals surface area contributed by atoms with Crippen LogP contribution in [0, 0.1) is 11.6 Å². The van der Waals surface area contributed by atoms with Crippen LogP contribution in [-0.2, 0) is 14.3 Å². The molecule has 0 bridgehead atoms. The quantitative estimate of drug-likeness (QED) is 0.688. The summed E-state index contributed by atoms with van der Waals surface area (Å²) in [5.41, 5.74) is -0.125. The summed E-state index contributed by atoms with van der Waals surface area (Å²) in [5, 5.41) is 4.78. The van der Waals surface area contributed by atoms with Crippen molar-refractivity contribution in [2.45, 2.75) is 25.0 Å². The monoisotopic (exact) mass is 371 g/mol. The fourth-order valence-electron chi connectivity index (χ4n) is 2.07. The van der Waals surface area contributed by atoms with Gasteiger partial charge in [0.25, 0.3) is 0 Å². The number of aliphatic imine (C=N–C) groups is 1. The number of anilines is 1. The van der Waals surface area contributed by atoms with Crippen molar-refractivity contribution in [1.29, 1.82) is 0 Å². The maximum atomic E-state index is 13.5. The summed E-state index contributed by atoms with van der Waals surface area (Å²) >= 11 is 1.16. The number of amidine groups is 1.